The second kappa shape index (κ2) is 18.9. The first kappa shape index (κ1) is 41.8. The van der Waals surface area contributed by atoms with E-state index in [-0.39, 0.29) is 0 Å². The van der Waals surface area contributed by atoms with Crippen LogP contribution in [0, 0.1) is 19.3 Å². The normalized spacial score (nSPS) is 12.0. The monoisotopic (exact) mass is 854 g/mol. The summed E-state index contributed by atoms with van der Waals surface area (Å²) in [5, 5.41) is 20.2. The zero-order valence-electron chi connectivity index (χ0n) is 36.3. The Bertz CT molecular complexity index is 2840. The number of rotatable bonds is 13. The Balaban J connectivity index is 1.24. The maximum Gasteiger partial charge on any atom is 0.179 e. The van der Waals surface area contributed by atoms with Crippen LogP contribution in [0.25, 0.3) is 5.70 Å². The largest absolute Gasteiger partial charge is 0.300 e. The van der Waals surface area contributed by atoms with Gasteiger partial charge in [0.1, 0.15) is 0 Å². The maximum absolute atomic E-state index is 9.95. The van der Waals surface area contributed by atoms with E-state index in [2.05, 4.69) is 263 Å². The molecular formula is C60H50N2Si2. The molecule has 9 aromatic carbocycles. The summed E-state index contributed by atoms with van der Waals surface area (Å²) in [4.78, 5) is 5.33. The molecule has 0 aliphatic heterocycles. The lowest BCUT2D eigenvalue weighted by atomic mass is 10.0. The van der Waals surface area contributed by atoms with Crippen molar-refractivity contribution < 1.29 is 0 Å². The summed E-state index contributed by atoms with van der Waals surface area (Å²) in [5.74, 6) is 0. The zero-order valence-corrected chi connectivity index (χ0v) is 38.3. The molecule has 0 heterocycles. The SMILES string of the molecule is Cc1cccc(C)c1C=N/C(=C\C(=N)c1cccc([Si](c2ccccc2)(c2ccccc2)c2ccccc2)c1)c1cccc([Si](c2ccccc2)(c2ccccc2)c2ccccc2)c1. The molecule has 9 rings (SSSR count). The van der Waals surface area contributed by atoms with E-state index in [1.807, 2.05) is 12.3 Å². The lowest BCUT2D eigenvalue weighted by molar-refractivity contribution is 1.36. The third-order valence-electron chi connectivity index (χ3n) is 12.6. The average molecular weight is 855 g/mol. The van der Waals surface area contributed by atoms with Crippen LogP contribution in [0.2, 0.25) is 0 Å². The Morgan fingerprint density at radius 2 is 0.656 bits per heavy atom. The molecule has 0 fully saturated rings. The number of hydrogen-bond donors (Lipinski definition) is 1. The number of aryl methyl sites for hydroxylation is 2. The Kier molecular flexibility index (Phi) is 12.3. The standard InChI is InChI=1S/C60H50N2Si2/c1-46-24-21-25-47(2)58(46)45-62-60(49-27-23-41-57(43-49)64(53-34-15-6-16-35-53,54-36-17-7-18-37-54)55-38-19-8-20-39-55)44-59(61)48-26-22-40-56(42-48)63(50-28-9-3-10-29-50,51-30-11-4-12-31-51)52-32-13-5-14-33-52/h3-45,61H,1-2H3/b60-44-,61-59?,62-45?. The summed E-state index contributed by atoms with van der Waals surface area (Å²) in [6.45, 7) is 4.27. The van der Waals surface area contributed by atoms with Gasteiger partial charge in [-0.3, -0.25) is 4.99 Å². The fourth-order valence-corrected chi connectivity index (χ4v) is 19.1. The van der Waals surface area contributed by atoms with Gasteiger partial charge in [0, 0.05) is 11.8 Å². The maximum atomic E-state index is 9.95. The van der Waals surface area contributed by atoms with E-state index in [0.717, 1.165) is 33.5 Å². The Labute approximate surface area is 380 Å². The van der Waals surface area contributed by atoms with Crippen LogP contribution in [-0.4, -0.2) is 28.1 Å². The van der Waals surface area contributed by atoms with Crippen LogP contribution in [0.5, 0.6) is 0 Å². The van der Waals surface area contributed by atoms with Crippen molar-refractivity contribution in [2.24, 2.45) is 4.99 Å². The molecule has 0 aliphatic rings. The van der Waals surface area contributed by atoms with Gasteiger partial charge in [-0.15, -0.1) is 0 Å². The fraction of sp³-hybridized carbons (Fsp3) is 0.0333. The van der Waals surface area contributed by atoms with Gasteiger partial charge in [0.25, 0.3) is 0 Å². The molecule has 9 aromatic rings. The van der Waals surface area contributed by atoms with Gasteiger partial charge >= 0.3 is 0 Å². The molecule has 0 aromatic heterocycles. The predicted octanol–water partition coefficient (Wildman–Crippen LogP) is 8.59. The molecule has 0 aliphatic carbocycles. The van der Waals surface area contributed by atoms with Crippen molar-refractivity contribution in [2.45, 2.75) is 13.8 Å². The van der Waals surface area contributed by atoms with E-state index in [4.69, 9.17) is 4.99 Å². The fourth-order valence-electron chi connectivity index (χ4n) is 9.54. The van der Waals surface area contributed by atoms with Gasteiger partial charge in [-0.05, 0) is 83.7 Å². The van der Waals surface area contributed by atoms with Crippen LogP contribution in [0.4, 0.5) is 0 Å². The van der Waals surface area contributed by atoms with Crippen molar-refractivity contribution in [3.63, 3.8) is 0 Å². The first-order chi connectivity index (χ1) is 31.5. The molecule has 0 spiro atoms. The molecule has 0 saturated heterocycles. The lowest BCUT2D eigenvalue weighted by Crippen LogP contribution is -2.74. The third kappa shape index (κ3) is 8.01. The van der Waals surface area contributed by atoms with Crippen LogP contribution >= 0.6 is 0 Å². The summed E-state index contributed by atoms with van der Waals surface area (Å²) in [6, 6.07) is 89.9. The van der Waals surface area contributed by atoms with Crippen LogP contribution in [0.3, 0.4) is 0 Å². The molecule has 1 N–H and O–H groups in total. The molecule has 2 nitrogen and oxygen atoms in total. The summed E-state index contributed by atoms with van der Waals surface area (Å²) >= 11 is 0. The smallest absolute Gasteiger partial charge is 0.179 e. The second-order valence-electron chi connectivity index (χ2n) is 16.4. The van der Waals surface area contributed by atoms with E-state index < -0.39 is 16.1 Å². The van der Waals surface area contributed by atoms with Crippen molar-refractivity contribution >= 4 is 75.3 Å². The lowest BCUT2D eigenvalue weighted by Gasteiger charge is -2.34. The minimum atomic E-state index is -2.84. The Morgan fingerprint density at radius 1 is 0.359 bits per heavy atom. The van der Waals surface area contributed by atoms with E-state index in [0.29, 0.717) is 5.71 Å². The highest BCUT2D eigenvalue weighted by Crippen LogP contribution is 2.21. The highest BCUT2D eigenvalue weighted by Gasteiger charge is 2.42. The second-order valence-corrected chi connectivity index (χ2v) is 24.0. The molecule has 0 radical (unpaired) electrons. The summed E-state index contributed by atoms with van der Waals surface area (Å²) in [5.41, 5.74) is 6.34. The minimum absolute atomic E-state index is 0.399. The van der Waals surface area contributed by atoms with Crippen LogP contribution in [0.1, 0.15) is 27.8 Å². The number of allylic oxidation sites excluding steroid dienone is 1. The first-order valence-corrected chi connectivity index (χ1v) is 25.9. The third-order valence-corrected chi connectivity index (χ3v) is 22.1. The van der Waals surface area contributed by atoms with Crippen LogP contribution < -0.4 is 41.5 Å². The summed E-state index contributed by atoms with van der Waals surface area (Å²) in [6.07, 6.45) is 3.96. The predicted molar refractivity (Wildman–Crippen MR) is 278 cm³/mol. The molecule has 64 heavy (non-hydrogen) atoms. The van der Waals surface area contributed by atoms with Gasteiger partial charge in [-0.25, -0.2) is 0 Å². The van der Waals surface area contributed by atoms with Gasteiger partial charge in [-0.1, -0.05) is 249 Å². The Hall–Kier alpha value is -7.51. The number of hydrogen-bond acceptors (Lipinski definition) is 2. The number of nitrogens with zero attached hydrogens (tertiary/aromatic N) is 1. The van der Waals surface area contributed by atoms with Crippen molar-refractivity contribution in [2.75, 3.05) is 0 Å². The molecule has 308 valence electrons. The van der Waals surface area contributed by atoms with Gasteiger partial charge in [-0.2, -0.15) is 0 Å². The van der Waals surface area contributed by atoms with Crippen molar-refractivity contribution in [3.8, 4) is 0 Å². The molecule has 0 bridgehead atoms. The topological polar surface area (TPSA) is 36.2 Å². The molecule has 0 saturated carbocycles. The molecule has 0 amide bonds. The Morgan fingerprint density at radius 3 is 1.02 bits per heavy atom. The molecule has 0 atom stereocenters. The van der Waals surface area contributed by atoms with E-state index in [9.17, 15) is 5.41 Å². The van der Waals surface area contributed by atoms with E-state index >= 15 is 0 Å². The van der Waals surface area contributed by atoms with Gasteiger partial charge in [0.2, 0.25) is 0 Å². The van der Waals surface area contributed by atoms with Gasteiger partial charge < -0.3 is 5.41 Å². The van der Waals surface area contributed by atoms with Crippen molar-refractivity contribution in [1.82, 2.24) is 0 Å². The summed E-state index contributed by atoms with van der Waals surface area (Å²) < 4.78 is 0. The quantitative estimate of drug-likeness (QED) is 0.0686. The molecular weight excluding hydrogens is 805 g/mol. The number of aliphatic imine (C=N–C) groups is 1. The van der Waals surface area contributed by atoms with Crippen LogP contribution in [0.15, 0.2) is 260 Å². The highest BCUT2D eigenvalue weighted by molar-refractivity contribution is 7.20. The number of benzene rings is 9. The first-order valence-electron chi connectivity index (χ1n) is 21.9. The average Bonchev–Trinajstić information content (AvgIpc) is 3.36. The zero-order chi connectivity index (χ0) is 43.8. The van der Waals surface area contributed by atoms with Crippen molar-refractivity contribution in [1.29, 1.82) is 5.41 Å². The summed E-state index contributed by atoms with van der Waals surface area (Å²) in [7, 11) is -5.66. The van der Waals surface area contributed by atoms with Gasteiger partial charge in [0.15, 0.2) is 16.1 Å². The van der Waals surface area contributed by atoms with Crippen molar-refractivity contribution in [3.05, 3.63) is 283 Å². The molecule has 4 heteroatoms. The minimum Gasteiger partial charge on any atom is -0.300 e. The van der Waals surface area contributed by atoms with E-state index in [1.165, 1.54) is 41.5 Å². The highest BCUT2D eigenvalue weighted by atomic mass is 28.3. The van der Waals surface area contributed by atoms with Crippen LogP contribution in [-0.2, 0) is 0 Å². The number of nitrogens with one attached hydrogen (secondary N) is 1. The van der Waals surface area contributed by atoms with E-state index in [1.54, 1.807) is 0 Å². The molecule has 0 unspecified atom stereocenters. The van der Waals surface area contributed by atoms with Gasteiger partial charge in [0.05, 0.1) is 11.4 Å².